The SMILES string of the molecule is O=C(CSc1nnc(-c2ccccn2)n1Cc1ccco1)Nc1c(F)cc(F)cc1Br. The molecule has 0 bridgehead atoms. The number of furan rings is 1. The Morgan fingerprint density at radius 1 is 1.19 bits per heavy atom. The van der Waals surface area contributed by atoms with Gasteiger partial charge in [0, 0.05) is 16.7 Å². The lowest BCUT2D eigenvalue weighted by atomic mass is 10.3. The van der Waals surface area contributed by atoms with Gasteiger partial charge >= 0.3 is 0 Å². The number of pyridine rings is 1. The van der Waals surface area contributed by atoms with Gasteiger partial charge in [-0.15, -0.1) is 10.2 Å². The lowest BCUT2D eigenvalue weighted by molar-refractivity contribution is -0.113. The van der Waals surface area contributed by atoms with Gasteiger partial charge in [0.25, 0.3) is 0 Å². The van der Waals surface area contributed by atoms with Crippen molar-refractivity contribution in [3.63, 3.8) is 0 Å². The van der Waals surface area contributed by atoms with Crippen LogP contribution >= 0.6 is 27.7 Å². The van der Waals surface area contributed by atoms with Crippen LogP contribution in [0.5, 0.6) is 0 Å². The largest absolute Gasteiger partial charge is 0.467 e. The molecule has 0 fully saturated rings. The normalized spacial score (nSPS) is 10.9. The number of rotatable bonds is 7. The highest BCUT2D eigenvalue weighted by molar-refractivity contribution is 9.10. The minimum atomic E-state index is -0.872. The molecule has 0 unspecified atom stereocenters. The fourth-order valence-corrected chi connectivity index (χ4v) is 3.99. The molecule has 0 saturated heterocycles. The number of aromatic nitrogens is 4. The van der Waals surface area contributed by atoms with Crippen LogP contribution in [-0.4, -0.2) is 31.4 Å². The van der Waals surface area contributed by atoms with Crippen molar-refractivity contribution in [2.75, 3.05) is 11.1 Å². The van der Waals surface area contributed by atoms with Crippen LogP contribution < -0.4 is 5.32 Å². The molecule has 0 aliphatic heterocycles. The van der Waals surface area contributed by atoms with E-state index in [0.717, 1.165) is 17.8 Å². The van der Waals surface area contributed by atoms with Crippen molar-refractivity contribution >= 4 is 39.3 Å². The zero-order valence-corrected chi connectivity index (χ0v) is 18.2. The molecule has 4 aromatic rings. The molecular weight excluding hydrogens is 492 g/mol. The van der Waals surface area contributed by atoms with Crippen molar-refractivity contribution < 1.29 is 18.0 Å². The maximum atomic E-state index is 14.0. The number of halogens is 3. The van der Waals surface area contributed by atoms with Crippen molar-refractivity contribution in [2.45, 2.75) is 11.7 Å². The third kappa shape index (κ3) is 5.00. The second-order valence-corrected chi connectivity index (χ2v) is 8.06. The van der Waals surface area contributed by atoms with E-state index in [9.17, 15) is 13.6 Å². The van der Waals surface area contributed by atoms with Crippen LogP contribution in [0.15, 0.2) is 69.0 Å². The topological polar surface area (TPSA) is 85.8 Å². The Labute approximate surface area is 188 Å². The van der Waals surface area contributed by atoms with Crippen molar-refractivity contribution in [3.8, 4) is 11.5 Å². The zero-order chi connectivity index (χ0) is 21.8. The summed E-state index contributed by atoms with van der Waals surface area (Å²) in [4.78, 5) is 16.7. The predicted molar refractivity (Wildman–Crippen MR) is 114 cm³/mol. The summed E-state index contributed by atoms with van der Waals surface area (Å²) in [6.45, 7) is 0.341. The van der Waals surface area contributed by atoms with Gasteiger partial charge in [0.15, 0.2) is 16.8 Å². The average Bonchev–Trinajstić information content (AvgIpc) is 3.40. The van der Waals surface area contributed by atoms with Gasteiger partial charge in [0.2, 0.25) is 5.91 Å². The van der Waals surface area contributed by atoms with Gasteiger partial charge in [-0.1, -0.05) is 17.8 Å². The monoisotopic (exact) mass is 505 g/mol. The fourth-order valence-electron chi connectivity index (χ4n) is 2.75. The van der Waals surface area contributed by atoms with Crippen LogP contribution in [-0.2, 0) is 11.3 Å². The molecule has 0 aliphatic rings. The van der Waals surface area contributed by atoms with Crippen molar-refractivity contribution in [3.05, 3.63) is 76.8 Å². The Morgan fingerprint density at radius 3 is 2.77 bits per heavy atom. The molecule has 0 saturated carbocycles. The molecule has 0 radical (unpaired) electrons. The van der Waals surface area contributed by atoms with Crippen LogP contribution in [0, 0.1) is 11.6 Å². The molecule has 1 N–H and O–H groups in total. The van der Waals surface area contributed by atoms with Gasteiger partial charge < -0.3 is 9.73 Å². The minimum absolute atomic E-state index is 0.0677. The van der Waals surface area contributed by atoms with E-state index in [-0.39, 0.29) is 15.9 Å². The smallest absolute Gasteiger partial charge is 0.234 e. The summed E-state index contributed by atoms with van der Waals surface area (Å²) >= 11 is 4.17. The summed E-state index contributed by atoms with van der Waals surface area (Å²) in [6.07, 6.45) is 3.21. The number of carbonyl (C=O) groups is 1. The molecule has 7 nitrogen and oxygen atoms in total. The first-order chi connectivity index (χ1) is 15.0. The van der Waals surface area contributed by atoms with Crippen molar-refractivity contribution in [1.29, 1.82) is 0 Å². The maximum absolute atomic E-state index is 14.0. The molecule has 0 atom stereocenters. The molecule has 3 aromatic heterocycles. The Bertz CT molecular complexity index is 1180. The minimum Gasteiger partial charge on any atom is -0.467 e. The number of hydrogen-bond acceptors (Lipinski definition) is 6. The molecule has 11 heteroatoms. The molecule has 4 rings (SSSR count). The number of hydrogen-bond donors (Lipinski definition) is 1. The van der Waals surface area contributed by atoms with Crippen molar-refractivity contribution in [1.82, 2.24) is 19.7 Å². The summed E-state index contributed by atoms with van der Waals surface area (Å²) in [5, 5.41) is 11.3. The summed E-state index contributed by atoms with van der Waals surface area (Å²) in [5.41, 5.74) is 0.494. The molecule has 158 valence electrons. The Kier molecular flexibility index (Phi) is 6.42. The quantitative estimate of drug-likeness (QED) is 0.364. The molecule has 0 spiro atoms. The number of anilines is 1. The third-order valence-corrected chi connectivity index (χ3v) is 5.70. The Morgan fingerprint density at radius 2 is 2.06 bits per heavy atom. The van der Waals surface area contributed by atoms with Crippen molar-refractivity contribution in [2.24, 2.45) is 0 Å². The zero-order valence-electron chi connectivity index (χ0n) is 15.8. The maximum Gasteiger partial charge on any atom is 0.234 e. The van der Waals surface area contributed by atoms with Crippen LogP contribution in [0.4, 0.5) is 14.5 Å². The summed E-state index contributed by atoms with van der Waals surface area (Å²) in [6, 6.07) is 10.8. The van der Waals surface area contributed by atoms with E-state index in [4.69, 9.17) is 4.42 Å². The average molecular weight is 506 g/mol. The highest BCUT2D eigenvalue weighted by Crippen LogP contribution is 2.28. The number of benzene rings is 1. The van der Waals surface area contributed by atoms with Gasteiger partial charge in [0.1, 0.15) is 17.3 Å². The first kappa shape index (κ1) is 21.2. The van der Waals surface area contributed by atoms with E-state index in [1.807, 2.05) is 12.1 Å². The lowest BCUT2D eigenvalue weighted by Crippen LogP contribution is -2.16. The van der Waals surface area contributed by atoms with Gasteiger partial charge in [-0.25, -0.2) is 8.78 Å². The summed E-state index contributed by atoms with van der Waals surface area (Å²) in [5.74, 6) is -0.966. The predicted octanol–water partition coefficient (Wildman–Crippen LogP) is 4.75. The van der Waals surface area contributed by atoms with E-state index in [0.29, 0.717) is 35.0 Å². The highest BCUT2D eigenvalue weighted by Gasteiger charge is 2.19. The van der Waals surface area contributed by atoms with Gasteiger partial charge in [0.05, 0.1) is 24.2 Å². The molecule has 1 aromatic carbocycles. The van der Waals surface area contributed by atoms with E-state index in [1.54, 1.807) is 35.2 Å². The van der Waals surface area contributed by atoms with Gasteiger partial charge in [-0.05, 0) is 46.3 Å². The van der Waals surface area contributed by atoms with Crippen LogP contribution in [0.1, 0.15) is 5.76 Å². The van der Waals surface area contributed by atoms with Crippen LogP contribution in [0.25, 0.3) is 11.5 Å². The van der Waals surface area contributed by atoms with E-state index >= 15 is 0 Å². The number of carbonyl (C=O) groups excluding carboxylic acids is 1. The third-order valence-electron chi connectivity index (χ3n) is 4.11. The summed E-state index contributed by atoms with van der Waals surface area (Å²) < 4.78 is 34.5. The van der Waals surface area contributed by atoms with Crippen LogP contribution in [0.3, 0.4) is 0 Å². The highest BCUT2D eigenvalue weighted by atomic mass is 79.9. The fraction of sp³-hybridized carbons (Fsp3) is 0.100. The summed E-state index contributed by atoms with van der Waals surface area (Å²) in [7, 11) is 0. The van der Waals surface area contributed by atoms with E-state index < -0.39 is 17.5 Å². The van der Waals surface area contributed by atoms with Crippen LogP contribution in [0.2, 0.25) is 0 Å². The molecular formula is C20H14BrF2N5O2S. The first-order valence-corrected chi connectivity index (χ1v) is 10.7. The standard InChI is InChI=1S/C20H14BrF2N5O2S/c21-14-8-12(22)9-15(23)18(14)25-17(29)11-31-20-27-26-19(16-5-1-2-6-24-16)28(20)10-13-4-3-7-30-13/h1-9H,10-11H2,(H,25,29). The molecule has 31 heavy (non-hydrogen) atoms. The van der Waals surface area contributed by atoms with Gasteiger partial charge in [-0.2, -0.15) is 0 Å². The second-order valence-electron chi connectivity index (χ2n) is 6.27. The molecule has 1 amide bonds. The molecule has 3 heterocycles. The molecule has 0 aliphatic carbocycles. The number of amides is 1. The van der Waals surface area contributed by atoms with E-state index in [1.165, 1.54) is 0 Å². The first-order valence-electron chi connectivity index (χ1n) is 8.95. The number of thioether (sulfide) groups is 1. The Balaban J connectivity index is 1.53. The Hall–Kier alpha value is -3.05. The second kappa shape index (κ2) is 9.40. The van der Waals surface area contributed by atoms with E-state index in [2.05, 4.69) is 36.4 Å². The number of nitrogens with one attached hydrogen (secondary N) is 1. The van der Waals surface area contributed by atoms with Gasteiger partial charge in [-0.3, -0.25) is 14.3 Å². The number of nitrogens with zero attached hydrogens (tertiary/aromatic N) is 4. The lowest BCUT2D eigenvalue weighted by Gasteiger charge is -2.10.